The average molecular weight is 367 g/mol. The summed E-state index contributed by atoms with van der Waals surface area (Å²) < 4.78 is 5.12. The van der Waals surface area contributed by atoms with Gasteiger partial charge in [-0.15, -0.1) is 0 Å². The summed E-state index contributed by atoms with van der Waals surface area (Å²) in [4.78, 5) is 26.2. The van der Waals surface area contributed by atoms with E-state index >= 15 is 0 Å². The first-order chi connectivity index (χ1) is 12.9. The Kier molecular flexibility index (Phi) is 3.73. The highest BCUT2D eigenvalue weighted by Crippen LogP contribution is 2.53. The van der Waals surface area contributed by atoms with Gasteiger partial charge in [-0.1, -0.05) is 31.2 Å². The predicted octanol–water partition coefficient (Wildman–Crippen LogP) is 3.79. The molecule has 0 atom stereocenters. The van der Waals surface area contributed by atoms with E-state index in [0.29, 0.717) is 30.4 Å². The van der Waals surface area contributed by atoms with Crippen molar-refractivity contribution in [3.63, 3.8) is 0 Å². The van der Waals surface area contributed by atoms with Crippen LogP contribution >= 0.6 is 0 Å². The van der Waals surface area contributed by atoms with Crippen LogP contribution in [0.3, 0.4) is 0 Å². The van der Waals surface area contributed by atoms with E-state index in [9.17, 15) is 9.59 Å². The van der Waals surface area contributed by atoms with Gasteiger partial charge in [0.2, 0.25) is 5.91 Å². The summed E-state index contributed by atoms with van der Waals surface area (Å²) in [7, 11) is 1.96. The molecule has 1 saturated heterocycles. The van der Waals surface area contributed by atoms with E-state index in [4.69, 9.17) is 4.74 Å². The Labute approximate surface area is 161 Å². The van der Waals surface area contributed by atoms with Gasteiger partial charge in [-0.2, -0.15) is 0 Å². The first kappa shape index (κ1) is 17.3. The van der Waals surface area contributed by atoms with Gasteiger partial charge >= 0.3 is 5.97 Å². The highest BCUT2D eigenvalue weighted by atomic mass is 16.5. The van der Waals surface area contributed by atoms with Crippen molar-refractivity contribution in [2.45, 2.75) is 69.2 Å². The SMILES string of the molecule is CN(C(=O)C1CC2(COC(=O)C2)C1)C1CC(c2cccc(C3(C)CC3)c2)C1. The quantitative estimate of drug-likeness (QED) is 0.761. The molecule has 0 unspecified atom stereocenters. The van der Waals surface area contributed by atoms with Gasteiger partial charge in [0.25, 0.3) is 0 Å². The van der Waals surface area contributed by atoms with Crippen LogP contribution in [0.4, 0.5) is 0 Å². The summed E-state index contributed by atoms with van der Waals surface area (Å²) in [5.41, 5.74) is 3.32. The molecule has 1 aromatic carbocycles. The van der Waals surface area contributed by atoms with Gasteiger partial charge in [0.05, 0.1) is 13.0 Å². The minimum atomic E-state index is -0.0987. The van der Waals surface area contributed by atoms with Crippen LogP contribution in [-0.4, -0.2) is 36.5 Å². The maximum Gasteiger partial charge on any atom is 0.306 e. The fraction of sp³-hybridized carbons (Fsp3) is 0.652. The van der Waals surface area contributed by atoms with Gasteiger partial charge < -0.3 is 9.64 Å². The molecule has 3 aliphatic carbocycles. The highest BCUT2D eigenvalue weighted by Gasteiger charge is 2.54. The highest BCUT2D eigenvalue weighted by molar-refractivity contribution is 5.81. The van der Waals surface area contributed by atoms with Crippen molar-refractivity contribution in [2.24, 2.45) is 11.3 Å². The monoisotopic (exact) mass is 367 g/mol. The molecule has 1 aromatic rings. The molecule has 5 rings (SSSR count). The third-order valence-electron chi connectivity index (χ3n) is 7.83. The van der Waals surface area contributed by atoms with Crippen molar-refractivity contribution in [3.8, 4) is 0 Å². The van der Waals surface area contributed by atoms with Crippen LogP contribution in [0.25, 0.3) is 0 Å². The molecular formula is C23H29NO3. The van der Waals surface area contributed by atoms with Crippen LogP contribution in [-0.2, 0) is 19.7 Å². The van der Waals surface area contributed by atoms with Gasteiger partial charge in [0.1, 0.15) is 0 Å². The van der Waals surface area contributed by atoms with E-state index in [2.05, 4.69) is 31.2 Å². The van der Waals surface area contributed by atoms with Crippen molar-refractivity contribution >= 4 is 11.9 Å². The van der Waals surface area contributed by atoms with Crippen LogP contribution in [0.15, 0.2) is 24.3 Å². The molecule has 4 nitrogen and oxygen atoms in total. The summed E-state index contributed by atoms with van der Waals surface area (Å²) in [6.07, 6.45) is 6.89. The van der Waals surface area contributed by atoms with Crippen LogP contribution in [0.1, 0.15) is 68.9 Å². The van der Waals surface area contributed by atoms with Gasteiger partial charge in [0.15, 0.2) is 0 Å². The normalized spacial score (nSPS) is 35.9. The molecule has 4 fully saturated rings. The Morgan fingerprint density at radius 1 is 1.22 bits per heavy atom. The second-order valence-electron chi connectivity index (χ2n) is 9.90. The molecular weight excluding hydrogens is 338 g/mol. The number of hydrogen-bond donors (Lipinski definition) is 0. The number of rotatable bonds is 4. The lowest BCUT2D eigenvalue weighted by Gasteiger charge is -2.47. The second kappa shape index (κ2) is 5.83. The molecule has 27 heavy (non-hydrogen) atoms. The van der Waals surface area contributed by atoms with Gasteiger partial charge in [-0.05, 0) is 61.0 Å². The number of amides is 1. The van der Waals surface area contributed by atoms with Crippen molar-refractivity contribution in [1.82, 2.24) is 4.90 Å². The summed E-state index contributed by atoms with van der Waals surface area (Å²) in [6.45, 7) is 2.87. The van der Waals surface area contributed by atoms with Crippen molar-refractivity contribution in [2.75, 3.05) is 13.7 Å². The summed E-state index contributed by atoms with van der Waals surface area (Å²) in [6, 6.07) is 9.50. The first-order valence-electron chi connectivity index (χ1n) is 10.4. The predicted molar refractivity (Wildman–Crippen MR) is 102 cm³/mol. The lowest BCUT2D eigenvalue weighted by Crippen LogP contribution is -2.51. The molecule has 1 amide bonds. The minimum Gasteiger partial charge on any atom is -0.465 e. The number of ether oxygens (including phenoxy) is 1. The van der Waals surface area contributed by atoms with Crippen molar-refractivity contribution < 1.29 is 14.3 Å². The lowest BCUT2D eigenvalue weighted by molar-refractivity contribution is -0.146. The van der Waals surface area contributed by atoms with Crippen LogP contribution < -0.4 is 0 Å². The molecule has 1 aliphatic heterocycles. The Morgan fingerprint density at radius 3 is 2.59 bits per heavy atom. The largest absolute Gasteiger partial charge is 0.465 e. The van der Waals surface area contributed by atoms with E-state index in [1.165, 1.54) is 24.0 Å². The second-order valence-corrected chi connectivity index (χ2v) is 9.90. The maximum atomic E-state index is 12.8. The number of carbonyl (C=O) groups is 2. The third kappa shape index (κ3) is 2.88. The van der Waals surface area contributed by atoms with E-state index in [1.807, 2.05) is 11.9 Å². The standard InChI is InChI=1S/C23H29NO3/c1-22(6-7-22)18-5-3-4-15(8-18)16-9-19(10-16)24(2)21(26)17-11-23(12-17)13-20(25)27-14-23/h3-5,8,16-17,19H,6-7,9-14H2,1-2H3. The zero-order valence-electron chi connectivity index (χ0n) is 16.4. The Morgan fingerprint density at radius 2 is 1.96 bits per heavy atom. The zero-order valence-corrected chi connectivity index (χ0v) is 16.4. The van der Waals surface area contributed by atoms with Crippen LogP contribution in [0.5, 0.6) is 0 Å². The third-order valence-corrected chi connectivity index (χ3v) is 7.83. The molecule has 0 N–H and O–H groups in total. The molecule has 144 valence electrons. The van der Waals surface area contributed by atoms with Gasteiger partial charge in [-0.3, -0.25) is 9.59 Å². The number of carbonyl (C=O) groups excluding carboxylic acids is 2. The Bertz CT molecular complexity index is 785. The number of nitrogens with zero attached hydrogens (tertiary/aromatic N) is 1. The Balaban J connectivity index is 1.15. The zero-order chi connectivity index (χ0) is 18.8. The molecule has 0 aromatic heterocycles. The summed E-state index contributed by atoms with van der Waals surface area (Å²) >= 11 is 0. The molecule has 1 spiro atoms. The van der Waals surface area contributed by atoms with E-state index < -0.39 is 0 Å². The lowest BCUT2D eigenvalue weighted by atomic mass is 9.61. The Hall–Kier alpha value is -1.84. The summed E-state index contributed by atoms with van der Waals surface area (Å²) in [5, 5.41) is 0. The summed E-state index contributed by atoms with van der Waals surface area (Å²) in [5.74, 6) is 0.837. The number of benzene rings is 1. The molecule has 4 heteroatoms. The van der Waals surface area contributed by atoms with Crippen LogP contribution in [0.2, 0.25) is 0 Å². The van der Waals surface area contributed by atoms with E-state index in [-0.39, 0.29) is 23.2 Å². The number of cyclic esters (lactones) is 1. The average Bonchev–Trinajstić information content (AvgIpc) is 3.21. The molecule has 0 radical (unpaired) electrons. The molecule has 4 aliphatic rings. The smallest absolute Gasteiger partial charge is 0.306 e. The molecule has 0 bridgehead atoms. The molecule has 1 heterocycles. The fourth-order valence-electron chi connectivity index (χ4n) is 5.35. The number of esters is 1. The van der Waals surface area contributed by atoms with Gasteiger partial charge in [-0.25, -0.2) is 0 Å². The minimum absolute atomic E-state index is 0.0280. The first-order valence-corrected chi connectivity index (χ1v) is 10.4. The fourth-order valence-corrected chi connectivity index (χ4v) is 5.35. The molecule has 3 saturated carbocycles. The maximum absolute atomic E-state index is 12.8. The van der Waals surface area contributed by atoms with Crippen molar-refractivity contribution in [1.29, 1.82) is 0 Å². The van der Waals surface area contributed by atoms with Gasteiger partial charge in [0, 0.05) is 24.4 Å². The number of hydrogen-bond acceptors (Lipinski definition) is 3. The topological polar surface area (TPSA) is 46.6 Å². The van der Waals surface area contributed by atoms with Crippen LogP contribution in [0, 0.1) is 11.3 Å². The van der Waals surface area contributed by atoms with E-state index in [0.717, 1.165) is 25.7 Å². The van der Waals surface area contributed by atoms with E-state index in [1.54, 1.807) is 0 Å². The van der Waals surface area contributed by atoms with Crippen molar-refractivity contribution in [3.05, 3.63) is 35.4 Å².